The molecule has 0 spiro atoms. The number of hydrogen-bond donors (Lipinski definition) is 0. The van der Waals surface area contributed by atoms with Crippen molar-refractivity contribution in [3.8, 4) is 0 Å². The molecule has 0 N–H and O–H groups in total. The molecule has 1 atom stereocenters. The lowest BCUT2D eigenvalue weighted by Crippen LogP contribution is -2.56. The van der Waals surface area contributed by atoms with Crippen LogP contribution in [0.3, 0.4) is 0 Å². The molecular formula is C30H35F6N3OS. The third kappa shape index (κ3) is 8.51. The summed E-state index contributed by atoms with van der Waals surface area (Å²) in [6.45, 7) is 8.69. The zero-order valence-corrected chi connectivity index (χ0v) is 24.0. The van der Waals surface area contributed by atoms with Crippen LogP contribution in [0, 0.1) is 13.8 Å². The van der Waals surface area contributed by atoms with Gasteiger partial charge in [-0.2, -0.15) is 38.1 Å². The Morgan fingerprint density at radius 2 is 1.44 bits per heavy atom. The van der Waals surface area contributed by atoms with Crippen LogP contribution in [-0.2, 0) is 18.8 Å². The molecule has 224 valence electrons. The Labute approximate surface area is 241 Å². The first kappa shape index (κ1) is 31.4. The van der Waals surface area contributed by atoms with Crippen LogP contribution in [0.25, 0.3) is 0 Å². The monoisotopic (exact) mass is 599 g/mol. The third-order valence-corrected chi connectivity index (χ3v) is 8.65. The molecule has 41 heavy (non-hydrogen) atoms. The van der Waals surface area contributed by atoms with Crippen LogP contribution in [-0.4, -0.2) is 84.0 Å². The summed E-state index contributed by atoms with van der Waals surface area (Å²) < 4.78 is 80.9. The van der Waals surface area contributed by atoms with Crippen LogP contribution in [0.4, 0.5) is 26.3 Å². The van der Waals surface area contributed by atoms with E-state index in [-0.39, 0.29) is 12.6 Å². The minimum Gasteiger partial charge on any atom is -0.333 e. The second-order valence-corrected chi connectivity index (χ2v) is 11.9. The standard InChI is InChI=1S/C30H35F6N3OS/c1-21-5-6-23(15-22(21)2)16-27-20-38(8-4-3-7-37-11-13-41-14-12-37)9-10-39(27)28(40)24-17-25(29(31,32)33)19-26(18-24)30(34,35)36/h3-6,15,17-19,27H,7-14,16,20H2,1-2H3/t27-/m1/s1. The number of alkyl halides is 6. The molecule has 2 aliphatic rings. The largest absolute Gasteiger partial charge is 0.416 e. The first-order valence-electron chi connectivity index (χ1n) is 13.7. The van der Waals surface area contributed by atoms with Crippen molar-refractivity contribution in [3.63, 3.8) is 0 Å². The van der Waals surface area contributed by atoms with Gasteiger partial charge in [0, 0.05) is 68.9 Å². The van der Waals surface area contributed by atoms with Gasteiger partial charge in [-0.05, 0) is 55.2 Å². The van der Waals surface area contributed by atoms with Crippen molar-refractivity contribution in [1.82, 2.24) is 14.7 Å². The Morgan fingerprint density at radius 1 is 0.829 bits per heavy atom. The summed E-state index contributed by atoms with van der Waals surface area (Å²) in [7, 11) is 0. The average molecular weight is 600 g/mol. The van der Waals surface area contributed by atoms with Gasteiger partial charge in [-0.15, -0.1) is 0 Å². The van der Waals surface area contributed by atoms with Crippen molar-refractivity contribution >= 4 is 17.7 Å². The fourth-order valence-electron chi connectivity index (χ4n) is 5.21. The van der Waals surface area contributed by atoms with E-state index in [1.807, 2.05) is 43.8 Å². The summed E-state index contributed by atoms with van der Waals surface area (Å²) in [5, 5.41) is 0. The summed E-state index contributed by atoms with van der Waals surface area (Å²) >= 11 is 1.95. The highest BCUT2D eigenvalue weighted by Gasteiger charge is 2.39. The van der Waals surface area contributed by atoms with Gasteiger partial charge in [0.15, 0.2) is 0 Å². The van der Waals surface area contributed by atoms with Gasteiger partial charge in [-0.3, -0.25) is 14.6 Å². The second kappa shape index (κ2) is 13.2. The minimum absolute atomic E-state index is 0.0519. The number of rotatable bonds is 7. The number of piperazine rings is 1. The van der Waals surface area contributed by atoms with E-state index < -0.39 is 41.0 Å². The highest BCUT2D eigenvalue weighted by molar-refractivity contribution is 7.99. The lowest BCUT2D eigenvalue weighted by Gasteiger charge is -2.41. The van der Waals surface area contributed by atoms with Crippen LogP contribution in [0.15, 0.2) is 48.6 Å². The van der Waals surface area contributed by atoms with Gasteiger partial charge in [0.1, 0.15) is 0 Å². The molecule has 11 heteroatoms. The summed E-state index contributed by atoms with van der Waals surface area (Å²) in [5.41, 5.74) is -0.454. The Bertz CT molecular complexity index is 1210. The molecule has 1 amide bonds. The fraction of sp³-hybridized carbons (Fsp3) is 0.500. The van der Waals surface area contributed by atoms with Gasteiger partial charge in [0.05, 0.1) is 11.1 Å². The molecular weight excluding hydrogens is 564 g/mol. The molecule has 0 saturated carbocycles. The summed E-state index contributed by atoms with van der Waals surface area (Å²) in [6.07, 6.45) is -5.38. The van der Waals surface area contributed by atoms with Crippen molar-refractivity contribution in [2.75, 3.05) is 57.3 Å². The first-order chi connectivity index (χ1) is 19.3. The number of amides is 1. The van der Waals surface area contributed by atoms with Gasteiger partial charge in [0.25, 0.3) is 5.91 Å². The lowest BCUT2D eigenvalue weighted by atomic mass is 9.97. The molecule has 2 heterocycles. The van der Waals surface area contributed by atoms with E-state index in [0.29, 0.717) is 38.2 Å². The summed E-state index contributed by atoms with van der Waals surface area (Å²) in [6, 6.07) is 6.62. The van der Waals surface area contributed by atoms with E-state index in [9.17, 15) is 31.1 Å². The number of aryl methyl sites for hydroxylation is 2. The number of hydrogen-bond acceptors (Lipinski definition) is 4. The molecule has 0 unspecified atom stereocenters. The molecule has 2 aromatic rings. The molecule has 0 aliphatic carbocycles. The normalized spacial score (nSPS) is 19.7. The van der Waals surface area contributed by atoms with Crippen LogP contribution in [0.2, 0.25) is 0 Å². The topological polar surface area (TPSA) is 26.8 Å². The van der Waals surface area contributed by atoms with Gasteiger partial charge in [0.2, 0.25) is 0 Å². The molecule has 2 fully saturated rings. The second-order valence-electron chi connectivity index (χ2n) is 10.7. The predicted octanol–water partition coefficient (Wildman–Crippen LogP) is 6.32. The number of carbonyl (C=O) groups is 1. The van der Waals surface area contributed by atoms with E-state index >= 15 is 0 Å². The third-order valence-electron chi connectivity index (χ3n) is 7.70. The Morgan fingerprint density at radius 3 is 2.02 bits per heavy atom. The smallest absolute Gasteiger partial charge is 0.333 e. The molecule has 2 saturated heterocycles. The SMILES string of the molecule is Cc1ccc(C[C@@H]2CN(CC=CCN3CCSCC3)CCN2C(=O)c2cc(C(F)(F)F)cc(C(F)(F)F)c2)cc1C. The van der Waals surface area contributed by atoms with Crippen molar-refractivity contribution in [3.05, 3.63) is 81.9 Å². The van der Waals surface area contributed by atoms with E-state index in [1.165, 1.54) is 4.90 Å². The average Bonchev–Trinajstić information content (AvgIpc) is 2.92. The molecule has 0 bridgehead atoms. The quantitative estimate of drug-likeness (QED) is 0.275. The lowest BCUT2D eigenvalue weighted by molar-refractivity contribution is -0.143. The van der Waals surface area contributed by atoms with Crippen LogP contribution in [0.1, 0.15) is 38.2 Å². The Balaban J connectivity index is 1.55. The Hall–Kier alpha value is -2.50. The number of benzene rings is 2. The number of carbonyl (C=O) groups excluding carboxylic acids is 1. The van der Waals surface area contributed by atoms with Gasteiger partial charge < -0.3 is 4.90 Å². The van der Waals surface area contributed by atoms with Crippen molar-refractivity contribution < 1.29 is 31.1 Å². The maximum Gasteiger partial charge on any atom is 0.416 e. The van der Waals surface area contributed by atoms with Crippen LogP contribution >= 0.6 is 11.8 Å². The van der Waals surface area contributed by atoms with Crippen LogP contribution in [0.5, 0.6) is 0 Å². The number of nitrogens with zero attached hydrogens (tertiary/aromatic N) is 3. The summed E-state index contributed by atoms with van der Waals surface area (Å²) in [5.74, 6) is 1.43. The highest BCUT2D eigenvalue weighted by atomic mass is 32.2. The van der Waals surface area contributed by atoms with E-state index in [0.717, 1.165) is 47.8 Å². The molecule has 2 aromatic carbocycles. The molecule has 2 aliphatic heterocycles. The molecule has 4 nitrogen and oxygen atoms in total. The molecule has 0 aromatic heterocycles. The number of thioether (sulfide) groups is 1. The van der Waals surface area contributed by atoms with Gasteiger partial charge in [-0.25, -0.2) is 0 Å². The van der Waals surface area contributed by atoms with E-state index in [4.69, 9.17) is 0 Å². The number of halogens is 6. The maximum absolute atomic E-state index is 13.6. The fourth-order valence-corrected chi connectivity index (χ4v) is 6.18. The van der Waals surface area contributed by atoms with Crippen molar-refractivity contribution in [2.24, 2.45) is 0 Å². The molecule has 4 rings (SSSR count). The van der Waals surface area contributed by atoms with Crippen molar-refractivity contribution in [1.29, 1.82) is 0 Å². The Kier molecular flexibility index (Phi) is 10.1. The molecule has 0 radical (unpaired) electrons. The van der Waals surface area contributed by atoms with Gasteiger partial charge in [-0.1, -0.05) is 30.4 Å². The summed E-state index contributed by atoms with van der Waals surface area (Å²) in [4.78, 5) is 19.6. The maximum atomic E-state index is 13.6. The van der Waals surface area contributed by atoms with E-state index in [2.05, 4.69) is 22.0 Å². The van der Waals surface area contributed by atoms with Gasteiger partial charge >= 0.3 is 12.4 Å². The van der Waals surface area contributed by atoms with E-state index in [1.54, 1.807) is 0 Å². The van der Waals surface area contributed by atoms with Crippen molar-refractivity contribution in [2.45, 2.75) is 38.7 Å². The van der Waals surface area contributed by atoms with Crippen LogP contribution < -0.4 is 0 Å². The zero-order chi connectivity index (χ0) is 29.8. The highest BCUT2D eigenvalue weighted by Crippen LogP contribution is 2.37. The zero-order valence-electron chi connectivity index (χ0n) is 23.2. The first-order valence-corrected chi connectivity index (χ1v) is 14.8. The predicted molar refractivity (Wildman–Crippen MR) is 150 cm³/mol. The minimum atomic E-state index is -5.02.